The fourth-order valence-corrected chi connectivity index (χ4v) is 5.29. The van der Waals surface area contributed by atoms with Crippen molar-refractivity contribution >= 4 is 23.4 Å². The van der Waals surface area contributed by atoms with E-state index >= 15 is 0 Å². The molecule has 8 heteroatoms. The molecular formula is C34H41F3N4O. The number of amides is 1. The lowest BCUT2D eigenvalue weighted by Crippen LogP contribution is -2.39. The van der Waals surface area contributed by atoms with Crippen molar-refractivity contribution in [3.05, 3.63) is 95.8 Å². The zero-order valence-electron chi connectivity index (χ0n) is 24.7. The lowest BCUT2D eigenvalue weighted by atomic mass is 10.0. The summed E-state index contributed by atoms with van der Waals surface area (Å²) < 4.78 is 38.9. The minimum atomic E-state index is -4.39. The summed E-state index contributed by atoms with van der Waals surface area (Å²) in [6.45, 7) is 7.99. The van der Waals surface area contributed by atoms with Crippen molar-refractivity contribution < 1.29 is 18.0 Å². The van der Waals surface area contributed by atoms with Crippen LogP contribution in [0.1, 0.15) is 56.2 Å². The minimum Gasteiger partial charge on any atom is -0.345 e. The van der Waals surface area contributed by atoms with Crippen LogP contribution in [0.2, 0.25) is 0 Å². The molecular weight excluding hydrogens is 537 g/mol. The predicted octanol–water partition coefficient (Wildman–Crippen LogP) is 7.81. The van der Waals surface area contributed by atoms with Crippen LogP contribution in [0.25, 0.3) is 6.08 Å². The lowest BCUT2D eigenvalue weighted by molar-refractivity contribution is -0.137. The SMILES string of the molecule is CC(C)CCN1CCCC(N(Cc2ccc(N(C)c3ccncc3)cc2)C(=O)C=Cc2ccc(C(F)(F)F)cc2)CC1. The van der Waals surface area contributed by atoms with E-state index in [-0.39, 0.29) is 11.9 Å². The summed E-state index contributed by atoms with van der Waals surface area (Å²) in [5.41, 5.74) is 2.94. The molecule has 1 aliphatic heterocycles. The van der Waals surface area contributed by atoms with E-state index in [0.29, 0.717) is 18.0 Å². The van der Waals surface area contributed by atoms with E-state index in [9.17, 15) is 18.0 Å². The van der Waals surface area contributed by atoms with Gasteiger partial charge in [-0.25, -0.2) is 0 Å². The van der Waals surface area contributed by atoms with Crippen LogP contribution in [0.15, 0.2) is 79.1 Å². The van der Waals surface area contributed by atoms with Crippen molar-refractivity contribution in [2.45, 2.75) is 58.3 Å². The van der Waals surface area contributed by atoms with Gasteiger partial charge in [0.2, 0.25) is 5.91 Å². The third-order valence-electron chi connectivity index (χ3n) is 7.92. The number of alkyl halides is 3. The molecule has 1 aliphatic rings. The number of nitrogens with zero attached hydrogens (tertiary/aromatic N) is 4. The molecule has 1 aromatic heterocycles. The van der Waals surface area contributed by atoms with Gasteiger partial charge in [-0.1, -0.05) is 38.1 Å². The third-order valence-corrected chi connectivity index (χ3v) is 7.92. The second-order valence-electron chi connectivity index (χ2n) is 11.5. The molecule has 1 saturated heterocycles. The first-order chi connectivity index (χ1) is 20.1. The Hall–Kier alpha value is -3.65. The maximum Gasteiger partial charge on any atom is 0.416 e. The van der Waals surface area contributed by atoms with Gasteiger partial charge >= 0.3 is 6.18 Å². The van der Waals surface area contributed by atoms with Crippen LogP contribution < -0.4 is 4.90 Å². The summed E-state index contributed by atoms with van der Waals surface area (Å²) in [6, 6.07) is 17.1. The van der Waals surface area contributed by atoms with Gasteiger partial charge in [-0.05, 0) is 98.3 Å². The van der Waals surface area contributed by atoms with E-state index in [0.717, 1.165) is 74.4 Å². The molecule has 4 rings (SSSR count). The first-order valence-corrected chi connectivity index (χ1v) is 14.7. The second kappa shape index (κ2) is 14.5. The third kappa shape index (κ3) is 8.92. The van der Waals surface area contributed by atoms with Gasteiger partial charge in [-0.3, -0.25) is 9.78 Å². The van der Waals surface area contributed by atoms with Crippen molar-refractivity contribution in [2.24, 2.45) is 5.92 Å². The normalized spacial score (nSPS) is 16.5. The number of benzene rings is 2. The van der Waals surface area contributed by atoms with Gasteiger partial charge < -0.3 is 14.7 Å². The summed E-state index contributed by atoms with van der Waals surface area (Å²) in [4.78, 5) is 24.3. The van der Waals surface area contributed by atoms with E-state index in [4.69, 9.17) is 0 Å². The van der Waals surface area contributed by atoms with Crippen LogP contribution in [0.4, 0.5) is 24.5 Å². The number of hydrogen-bond acceptors (Lipinski definition) is 4. The number of rotatable bonds is 10. The van der Waals surface area contributed by atoms with Crippen LogP contribution in [0.3, 0.4) is 0 Å². The molecule has 2 heterocycles. The van der Waals surface area contributed by atoms with Gasteiger partial charge in [0.25, 0.3) is 0 Å². The molecule has 0 spiro atoms. The van der Waals surface area contributed by atoms with Crippen LogP contribution >= 0.6 is 0 Å². The molecule has 3 aromatic rings. The summed E-state index contributed by atoms with van der Waals surface area (Å²) in [7, 11) is 2.00. The Morgan fingerprint density at radius 3 is 2.29 bits per heavy atom. The Bertz CT molecular complexity index is 1290. The summed E-state index contributed by atoms with van der Waals surface area (Å²) >= 11 is 0. The lowest BCUT2D eigenvalue weighted by Gasteiger charge is -2.31. The van der Waals surface area contributed by atoms with E-state index in [1.165, 1.54) is 18.2 Å². The van der Waals surface area contributed by atoms with Gasteiger partial charge in [0, 0.05) is 56.0 Å². The Morgan fingerprint density at radius 1 is 0.976 bits per heavy atom. The summed E-state index contributed by atoms with van der Waals surface area (Å²) in [5.74, 6) is 0.520. The van der Waals surface area contributed by atoms with E-state index in [1.807, 2.05) is 24.1 Å². The number of aromatic nitrogens is 1. The van der Waals surface area contributed by atoms with Crippen LogP contribution in [0, 0.1) is 5.92 Å². The average Bonchev–Trinajstić information content (AvgIpc) is 3.23. The topological polar surface area (TPSA) is 39.7 Å². The minimum absolute atomic E-state index is 0.0815. The van der Waals surface area contributed by atoms with Gasteiger partial charge in [0.15, 0.2) is 0 Å². The number of pyridine rings is 1. The van der Waals surface area contributed by atoms with Gasteiger partial charge in [0.1, 0.15) is 0 Å². The quantitative estimate of drug-likeness (QED) is 0.230. The molecule has 0 saturated carbocycles. The highest BCUT2D eigenvalue weighted by molar-refractivity contribution is 5.92. The zero-order chi connectivity index (χ0) is 30.1. The molecule has 2 aromatic carbocycles. The highest BCUT2D eigenvalue weighted by Gasteiger charge is 2.30. The van der Waals surface area contributed by atoms with Gasteiger partial charge in [-0.15, -0.1) is 0 Å². The second-order valence-corrected chi connectivity index (χ2v) is 11.5. The first-order valence-electron chi connectivity index (χ1n) is 14.7. The Labute approximate surface area is 247 Å². The highest BCUT2D eigenvalue weighted by atomic mass is 19.4. The zero-order valence-corrected chi connectivity index (χ0v) is 24.7. The fourth-order valence-electron chi connectivity index (χ4n) is 5.29. The number of likely N-dealkylation sites (tertiary alicyclic amines) is 1. The average molecular weight is 579 g/mol. The Balaban J connectivity index is 1.50. The monoisotopic (exact) mass is 578 g/mol. The molecule has 0 radical (unpaired) electrons. The van der Waals surface area contributed by atoms with E-state index in [1.54, 1.807) is 18.5 Å². The van der Waals surface area contributed by atoms with Crippen molar-refractivity contribution in [2.75, 3.05) is 31.6 Å². The van der Waals surface area contributed by atoms with Crippen molar-refractivity contribution in [1.29, 1.82) is 0 Å². The van der Waals surface area contributed by atoms with Gasteiger partial charge in [-0.2, -0.15) is 13.2 Å². The fraction of sp³-hybridized carbons (Fsp3) is 0.412. The van der Waals surface area contributed by atoms with Crippen molar-refractivity contribution in [1.82, 2.24) is 14.8 Å². The largest absolute Gasteiger partial charge is 0.416 e. The maximum absolute atomic E-state index is 13.6. The first kappa shape index (κ1) is 31.3. The summed E-state index contributed by atoms with van der Waals surface area (Å²) in [6.07, 6.45) is 6.22. The molecule has 1 unspecified atom stereocenters. The molecule has 0 bridgehead atoms. The van der Waals surface area contributed by atoms with Crippen molar-refractivity contribution in [3.8, 4) is 0 Å². The molecule has 42 heavy (non-hydrogen) atoms. The molecule has 224 valence electrons. The molecule has 1 fully saturated rings. The van der Waals surface area contributed by atoms with Crippen LogP contribution in [-0.2, 0) is 17.5 Å². The Morgan fingerprint density at radius 2 is 1.64 bits per heavy atom. The van der Waals surface area contributed by atoms with Crippen LogP contribution in [-0.4, -0.2) is 53.4 Å². The molecule has 1 amide bonds. The number of carbonyl (C=O) groups excluding carboxylic acids is 1. The highest BCUT2D eigenvalue weighted by Crippen LogP contribution is 2.29. The van der Waals surface area contributed by atoms with Crippen LogP contribution in [0.5, 0.6) is 0 Å². The number of halogens is 3. The standard InChI is InChI=1S/C34H41F3N4O/c1-26(2)18-23-40-22-4-5-32(19-24-40)41(33(42)15-10-27-6-11-29(12-7-27)34(35,36)37)25-28-8-13-30(14-9-28)39(3)31-16-20-38-21-17-31/h6-17,20-21,26,32H,4-5,18-19,22-25H2,1-3H3. The predicted molar refractivity (Wildman–Crippen MR) is 163 cm³/mol. The summed E-state index contributed by atoms with van der Waals surface area (Å²) in [5, 5.41) is 0. The molecule has 5 nitrogen and oxygen atoms in total. The molecule has 1 atom stereocenters. The number of carbonyl (C=O) groups is 1. The number of hydrogen-bond donors (Lipinski definition) is 0. The maximum atomic E-state index is 13.6. The van der Waals surface area contributed by atoms with E-state index < -0.39 is 11.7 Å². The smallest absolute Gasteiger partial charge is 0.345 e. The van der Waals surface area contributed by atoms with Gasteiger partial charge in [0.05, 0.1) is 5.56 Å². The van der Waals surface area contributed by atoms with Crippen molar-refractivity contribution in [3.63, 3.8) is 0 Å². The van der Waals surface area contributed by atoms with E-state index in [2.05, 4.69) is 52.9 Å². The molecule has 0 aliphatic carbocycles. The molecule has 0 N–H and O–H groups in total. The Kier molecular flexibility index (Phi) is 10.8. The number of anilines is 2.